The largest absolute Gasteiger partial charge is 0.496 e. The summed E-state index contributed by atoms with van der Waals surface area (Å²) in [7, 11) is 1.69. The van der Waals surface area contributed by atoms with E-state index in [1.54, 1.807) is 13.4 Å². The Balaban J connectivity index is 1.27. The molecule has 9 heteroatoms. The predicted molar refractivity (Wildman–Crippen MR) is 134 cm³/mol. The van der Waals surface area contributed by atoms with E-state index in [0.29, 0.717) is 26.1 Å². The van der Waals surface area contributed by atoms with Crippen LogP contribution >= 0.6 is 0 Å². The Morgan fingerprint density at radius 2 is 2.00 bits per heavy atom. The molecule has 4 aromatic rings. The first-order valence-electron chi connectivity index (χ1n) is 11.9. The summed E-state index contributed by atoms with van der Waals surface area (Å²) in [6, 6.07) is 12.0. The third kappa shape index (κ3) is 4.94. The molecular weight excluding hydrogens is 442 g/mol. The Morgan fingerprint density at radius 1 is 1.11 bits per heavy atom. The molecule has 35 heavy (non-hydrogen) atoms. The van der Waals surface area contributed by atoms with Gasteiger partial charge in [-0.25, -0.2) is 19.6 Å². The van der Waals surface area contributed by atoms with Crippen molar-refractivity contribution in [1.82, 2.24) is 29.6 Å². The molecular formula is C26H29N7O2. The lowest BCUT2D eigenvalue weighted by Crippen LogP contribution is -2.28. The summed E-state index contributed by atoms with van der Waals surface area (Å²) in [5.74, 6) is 2.10. The van der Waals surface area contributed by atoms with E-state index in [1.807, 2.05) is 52.3 Å². The average Bonchev–Trinajstić information content (AvgIpc) is 3.51. The highest BCUT2D eigenvalue weighted by Gasteiger charge is 2.20. The van der Waals surface area contributed by atoms with Gasteiger partial charge in [-0.05, 0) is 24.1 Å². The van der Waals surface area contributed by atoms with E-state index >= 15 is 0 Å². The second kappa shape index (κ2) is 10.1. The number of para-hydroxylation sites is 1. The second-order valence-corrected chi connectivity index (χ2v) is 8.80. The number of nitrogens with zero attached hydrogens (tertiary/aromatic N) is 6. The number of benzene rings is 1. The Kier molecular flexibility index (Phi) is 6.56. The number of methoxy groups -OCH3 is 1. The maximum atomic E-state index is 11.9. The van der Waals surface area contributed by atoms with Crippen molar-refractivity contribution >= 4 is 22.8 Å². The van der Waals surface area contributed by atoms with E-state index in [9.17, 15) is 4.79 Å². The van der Waals surface area contributed by atoms with Gasteiger partial charge in [0.25, 0.3) is 0 Å². The molecule has 1 aliphatic heterocycles. The lowest BCUT2D eigenvalue weighted by Gasteiger charge is -2.16. The number of amides is 1. The van der Waals surface area contributed by atoms with Crippen LogP contribution in [0.1, 0.15) is 31.2 Å². The van der Waals surface area contributed by atoms with Crippen LogP contribution in [0.2, 0.25) is 0 Å². The second-order valence-electron chi connectivity index (χ2n) is 8.80. The van der Waals surface area contributed by atoms with Crippen molar-refractivity contribution in [2.45, 2.75) is 32.2 Å². The summed E-state index contributed by atoms with van der Waals surface area (Å²) < 4.78 is 7.35. The van der Waals surface area contributed by atoms with Crippen molar-refractivity contribution in [2.75, 3.05) is 32.1 Å². The molecule has 3 aromatic heterocycles. The predicted octanol–water partition coefficient (Wildman–Crippen LogP) is 3.73. The number of carbonyl (C=O) groups excluding carboxylic acids is 1. The molecule has 1 atom stereocenters. The van der Waals surface area contributed by atoms with Crippen LogP contribution < -0.4 is 10.1 Å². The van der Waals surface area contributed by atoms with Crippen molar-refractivity contribution < 1.29 is 9.53 Å². The van der Waals surface area contributed by atoms with Gasteiger partial charge in [0.1, 0.15) is 17.9 Å². The number of aromatic nitrogens is 5. The highest BCUT2D eigenvalue weighted by atomic mass is 16.5. The lowest BCUT2D eigenvalue weighted by atomic mass is 10.00. The number of ether oxygens (including phenoxy) is 1. The van der Waals surface area contributed by atoms with Crippen LogP contribution in [0.4, 0.5) is 5.82 Å². The van der Waals surface area contributed by atoms with Gasteiger partial charge in [0.15, 0.2) is 5.65 Å². The minimum Gasteiger partial charge on any atom is -0.496 e. The highest BCUT2D eigenvalue weighted by molar-refractivity contribution is 5.80. The van der Waals surface area contributed by atoms with Crippen LogP contribution in [-0.2, 0) is 11.3 Å². The van der Waals surface area contributed by atoms with Gasteiger partial charge in [0.05, 0.1) is 25.5 Å². The molecule has 0 unspecified atom stereocenters. The first-order valence-corrected chi connectivity index (χ1v) is 11.9. The molecule has 9 nitrogen and oxygen atoms in total. The maximum Gasteiger partial charge on any atom is 0.222 e. The monoisotopic (exact) mass is 471 g/mol. The molecule has 1 fully saturated rings. The van der Waals surface area contributed by atoms with Crippen LogP contribution in [0.3, 0.4) is 0 Å². The van der Waals surface area contributed by atoms with Crippen molar-refractivity contribution in [3.05, 3.63) is 60.7 Å². The summed E-state index contributed by atoms with van der Waals surface area (Å²) in [6.45, 7) is 4.99. The number of likely N-dealkylation sites (tertiary alicyclic amines) is 1. The molecule has 180 valence electrons. The van der Waals surface area contributed by atoms with E-state index in [2.05, 4.69) is 38.4 Å². The van der Waals surface area contributed by atoms with Crippen LogP contribution in [0, 0.1) is 0 Å². The number of fused-ring (bicyclic) bond motifs is 1. The number of rotatable bonds is 9. The smallest absolute Gasteiger partial charge is 0.222 e. The van der Waals surface area contributed by atoms with E-state index in [-0.39, 0.29) is 11.8 Å². The standard InChI is InChI=1S/C26H29N7O2/c1-18(21-6-3-4-7-23(21)35-2)14-27-24-13-22(29-17-30-24)19-12-20-16-31-33(26(20)28-15-19)11-10-32-9-5-8-25(32)34/h3-4,6-7,12-13,15-18H,5,8-11,14H2,1-2H3,(H,27,29,30)/t18-/m1/s1. The van der Waals surface area contributed by atoms with Crippen molar-refractivity contribution in [1.29, 1.82) is 0 Å². The van der Waals surface area contributed by atoms with Gasteiger partial charge < -0.3 is 15.0 Å². The summed E-state index contributed by atoms with van der Waals surface area (Å²) in [5, 5.41) is 8.84. The maximum absolute atomic E-state index is 11.9. The number of anilines is 1. The zero-order valence-electron chi connectivity index (χ0n) is 20.0. The number of pyridine rings is 1. The van der Waals surface area contributed by atoms with Gasteiger partial charge in [-0.2, -0.15) is 5.10 Å². The molecule has 0 bridgehead atoms. The first kappa shape index (κ1) is 22.8. The summed E-state index contributed by atoms with van der Waals surface area (Å²) >= 11 is 0. The van der Waals surface area contributed by atoms with Gasteiger partial charge in [-0.1, -0.05) is 25.1 Å². The molecule has 0 spiro atoms. The average molecular weight is 472 g/mol. The minimum atomic E-state index is 0.224. The quantitative estimate of drug-likeness (QED) is 0.397. The normalized spacial score (nSPS) is 14.5. The van der Waals surface area contributed by atoms with E-state index < -0.39 is 0 Å². The molecule has 1 aromatic carbocycles. The number of hydrogen-bond acceptors (Lipinski definition) is 7. The number of nitrogens with one attached hydrogen (secondary N) is 1. The van der Waals surface area contributed by atoms with Gasteiger partial charge in [-0.15, -0.1) is 0 Å². The summed E-state index contributed by atoms with van der Waals surface area (Å²) in [4.78, 5) is 27.2. The van der Waals surface area contributed by atoms with Gasteiger partial charge >= 0.3 is 0 Å². The van der Waals surface area contributed by atoms with E-state index in [4.69, 9.17) is 4.74 Å². The zero-order valence-corrected chi connectivity index (χ0v) is 20.0. The molecule has 0 aliphatic carbocycles. The molecule has 0 saturated carbocycles. The number of hydrogen-bond donors (Lipinski definition) is 1. The minimum absolute atomic E-state index is 0.224. The third-order valence-electron chi connectivity index (χ3n) is 6.45. The van der Waals surface area contributed by atoms with Crippen LogP contribution in [0.15, 0.2) is 55.1 Å². The van der Waals surface area contributed by atoms with Crippen molar-refractivity contribution in [2.24, 2.45) is 0 Å². The Morgan fingerprint density at radius 3 is 2.83 bits per heavy atom. The van der Waals surface area contributed by atoms with Gasteiger partial charge in [0.2, 0.25) is 5.91 Å². The molecule has 1 amide bonds. The van der Waals surface area contributed by atoms with Crippen LogP contribution in [0.5, 0.6) is 5.75 Å². The lowest BCUT2D eigenvalue weighted by molar-refractivity contribution is -0.127. The summed E-state index contributed by atoms with van der Waals surface area (Å²) in [5.41, 5.74) is 3.64. The molecule has 5 rings (SSSR count). The van der Waals surface area contributed by atoms with E-state index in [0.717, 1.165) is 52.4 Å². The van der Waals surface area contributed by atoms with Crippen LogP contribution in [0.25, 0.3) is 22.3 Å². The first-order chi connectivity index (χ1) is 17.1. The zero-order chi connectivity index (χ0) is 24.2. The molecule has 4 heterocycles. The molecule has 1 aliphatic rings. The fourth-order valence-corrected chi connectivity index (χ4v) is 4.48. The fourth-order valence-electron chi connectivity index (χ4n) is 4.48. The van der Waals surface area contributed by atoms with E-state index in [1.165, 1.54) is 0 Å². The van der Waals surface area contributed by atoms with Gasteiger partial charge in [-0.3, -0.25) is 4.79 Å². The highest BCUT2D eigenvalue weighted by Crippen LogP contribution is 2.27. The van der Waals surface area contributed by atoms with Crippen molar-refractivity contribution in [3.63, 3.8) is 0 Å². The Bertz CT molecular complexity index is 1340. The third-order valence-corrected chi connectivity index (χ3v) is 6.45. The van der Waals surface area contributed by atoms with Crippen LogP contribution in [-0.4, -0.2) is 62.3 Å². The SMILES string of the molecule is COc1ccccc1[C@H](C)CNc1cc(-c2cnc3c(cnn3CCN3CCCC3=O)c2)ncn1. The van der Waals surface area contributed by atoms with Gasteiger partial charge in [0, 0.05) is 55.2 Å². The number of carbonyl (C=O) groups is 1. The fraction of sp³-hybridized carbons (Fsp3) is 0.346. The Labute approximate surface area is 204 Å². The molecule has 0 radical (unpaired) electrons. The topological polar surface area (TPSA) is 98.1 Å². The Hall–Kier alpha value is -4.01. The van der Waals surface area contributed by atoms with Crippen molar-refractivity contribution in [3.8, 4) is 17.0 Å². The molecule has 1 saturated heterocycles. The molecule has 1 N–H and O–H groups in total. The summed E-state index contributed by atoms with van der Waals surface area (Å²) in [6.07, 6.45) is 6.77.